The fourth-order valence-corrected chi connectivity index (χ4v) is 3.30. The first-order chi connectivity index (χ1) is 11.4. The lowest BCUT2D eigenvalue weighted by Crippen LogP contribution is -2.18. The number of rotatable bonds is 4. The molecule has 0 aliphatic carbocycles. The quantitative estimate of drug-likeness (QED) is 0.740. The van der Waals surface area contributed by atoms with Gasteiger partial charge in [0.25, 0.3) is 5.56 Å². The van der Waals surface area contributed by atoms with Crippen molar-refractivity contribution in [1.29, 1.82) is 0 Å². The maximum Gasteiger partial charge on any atom is 0.253 e. The van der Waals surface area contributed by atoms with Gasteiger partial charge in [-0.2, -0.15) is 0 Å². The second-order valence-corrected chi connectivity index (χ2v) is 6.36. The van der Waals surface area contributed by atoms with Crippen molar-refractivity contribution in [3.63, 3.8) is 0 Å². The van der Waals surface area contributed by atoms with Gasteiger partial charge in [0.05, 0.1) is 23.7 Å². The number of fused-ring (bicyclic) bond motifs is 1. The zero-order valence-corrected chi connectivity index (χ0v) is 14.8. The molecule has 0 fully saturated rings. The molecular formula is C19H23N3O2. The minimum Gasteiger partial charge on any atom is -0.383 e. The predicted octanol–water partition coefficient (Wildman–Crippen LogP) is 3.23. The van der Waals surface area contributed by atoms with Crippen molar-refractivity contribution in [2.75, 3.05) is 13.7 Å². The summed E-state index contributed by atoms with van der Waals surface area (Å²) >= 11 is 0. The molecular weight excluding hydrogens is 302 g/mol. The lowest BCUT2D eigenvalue weighted by molar-refractivity contribution is 0.163. The van der Waals surface area contributed by atoms with Crippen LogP contribution in [0, 0.1) is 13.8 Å². The van der Waals surface area contributed by atoms with Crippen LogP contribution >= 0.6 is 0 Å². The Morgan fingerprint density at radius 2 is 1.96 bits per heavy atom. The molecule has 0 aliphatic heterocycles. The molecule has 5 nitrogen and oxygen atoms in total. The molecule has 2 heterocycles. The van der Waals surface area contributed by atoms with E-state index < -0.39 is 0 Å². The molecule has 0 unspecified atom stereocenters. The number of aromatic nitrogens is 3. The number of pyridine rings is 1. The molecule has 0 aliphatic rings. The number of imidazole rings is 1. The van der Waals surface area contributed by atoms with Crippen molar-refractivity contribution in [2.45, 2.75) is 26.8 Å². The molecule has 0 radical (unpaired) electrons. The fraction of sp³-hybridized carbons (Fsp3) is 0.368. The Morgan fingerprint density at radius 3 is 2.62 bits per heavy atom. The Kier molecular flexibility index (Phi) is 4.28. The second-order valence-electron chi connectivity index (χ2n) is 6.36. The van der Waals surface area contributed by atoms with Gasteiger partial charge in [0.1, 0.15) is 5.82 Å². The number of ether oxygens (including phenoxy) is 1. The highest BCUT2D eigenvalue weighted by Crippen LogP contribution is 2.27. The van der Waals surface area contributed by atoms with Gasteiger partial charge >= 0.3 is 0 Å². The first-order valence-electron chi connectivity index (χ1n) is 8.07. The standard InChI is InChI=1S/C19H23N3O2/c1-12-8-16(10-21(4)19(12)23)15-6-7-17-18(9-15)22(14(3)20-17)13(2)11-24-5/h6-10,13H,11H2,1-5H3/t13-/m1/s1. The molecule has 3 rings (SSSR count). The largest absolute Gasteiger partial charge is 0.383 e. The number of methoxy groups -OCH3 is 1. The lowest BCUT2D eigenvalue weighted by atomic mass is 10.1. The van der Waals surface area contributed by atoms with Crippen LogP contribution < -0.4 is 5.56 Å². The molecule has 1 aromatic carbocycles. The van der Waals surface area contributed by atoms with E-state index in [-0.39, 0.29) is 11.6 Å². The number of nitrogens with zero attached hydrogens (tertiary/aromatic N) is 3. The maximum absolute atomic E-state index is 11.9. The third kappa shape index (κ3) is 2.76. The van der Waals surface area contributed by atoms with Gasteiger partial charge in [-0.3, -0.25) is 4.79 Å². The van der Waals surface area contributed by atoms with Gasteiger partial charge in [-0.15, -0.1) is 0 Å². The summed E-state index contributed by atoms with van der Waals surface area (Å²) < 4.78 is 9.14. The topological polar surface area (TPSA) is 49.1 Å². The summed E-state index contributed by atoms with van der Waals surface area (Å²) in [6.45, 7) is 6.62. The Labute approximate surface area is 141 Å². The van der Waals surface area contributed by atoms with Crippen molar-refractivity contribution in [3.05, 3.63) is 52.2 Å². The third-order valence-corrected chi connectivity index (χ3v) is 4.41. The van der Waals surface area contributed by atoms with Gasteiger partial charge < -0.3 is 13.9 Å². The fourth-order valence-electron chi connectivity index (χ4n) is 3.30. The van der Waals surface area contributed by atoms with Gasteiger partial charge in [-0.25, -0.2) is 4.98 Å². The summed E-state index contributed by atoms with van der Waals surface area (Å²) in [5.41, 5.74) is 4.94. The van der Waals surface area contributed by atoms with E-state index in [9.17, 15) is 4.79 Å². The summed E-state index contributed by atoms with van der Waals surface area (Å²) in [5.74, 6) is 0.975. The molecule has 0 spiro atoms. The average Bonchev–Trinajstić information content (AvgIpc) is 2.87. The Hall–Kier alpha value is -2.40. The predicted molar refractivity (Wildman–Crippen MR) is 96.5 cm³/mol. The third-order valence-electron chi connectivity index (χ3n) is 4.41. The molecule has 0 bridgehead atoms. The van der Waals surface area contributed by atoms with E-state index in [2.05, 4.69) is 28.6 Å². The van der Waals surface area contributed by atoms with Gasteiger partial charge in [0.15, 0.2) is 0 Å². The summed E-state index contributed by atoms with van der Waals surface area (Å²) in [7, 11) is 3.50. The van der Waals surface area contributed by atoms with Crippen LogP contribution in [0.1, 0.15) is 24.4 Å². The van der Waals surface area contributed by atoms with Crippen LogP contribution in [-0.4, -0.2) is 27.8 Å². The number of hydrogen-bond acceptors (Lipinski definition) is 3. The van der Waals surface area contributed by atoms with E-state index in [0.29, 0.717) is 6.61 Å². The van der Waals surface area contributed by atoms with Crippen LogP contribution in [0.5, 0.6) is 0 Å². The van der Waals surface area contributed by atoms with E-state index in [1.54, 1.807) is 18.7 Å². The van der Waals surface area contributed by atoms with Gasteiger partial charge in [0.2, 0.25) is 0 Å². The molecule has 5 heteroatoms. The number of benzene rings is 1. The van der Waals surface area contributed by atoms with E-state index in [1.165, 1.54) is 0 Å². The van der Waals surface area contributed by atoms with E-state index in [1.807, 2.05) is 32.2 Å². The highest BCUT2D eigenvalue weighted by molar-refractivity contribution is 5.82. The molecule has 3 aromatic rings. The molecule has 2 aromatic heterocycles. The van der Waals surface area contributed by atoms with Gasteiger partial charge in [0, 0.05) is 25.9 Å². The zero-order chi connectivity index (χ0) is 17.4. The molecule has 0 saturated heterocycles. The first kappa shape index (κ1) is 16.5. The number of hydrogen-bond donors (Lipinski definition) is 0. The minimum absolute atomic E-state index is 0.0365. The highest BCUT2D eigenvalue weighted by Gasteiger charge is 2.14. The average molecular weight is 325 g/mol. The molecule has 0 amide bonds. The molecule has 126 valence electrons. The molecule has 0 saturated carbocycles. The Morgan fingerprint density at radius 1 is 1.21 bits per heavy atom. The summed E-state index contributed by atoms with van der Waals surface area (Å²) in [6, 6.07) is 8.38. The molecule has 0 N–H and O–H groups in total. The SMILES string of the molecule is COC[C@@H](C)n1c(C)nc2ccc(-c3cc(C)c(=O)n(C)c3)cc21. The summed E-state index contributed by atoms with van der Waals surface area (Å²) in [4.78, 5) is 16.6. The van der Waals surface area contributed by atoms with E-state index in [4.69, 9.17) is 4.74 Å². The highest BCUT2D eigenvalue weighted by atomic mass is 16.5. The Bertz CT molecular complexity index is 927. The summed E-state index contributed by atoms with van der Waals surface area (Å²) in [5, 5.41) is 0. The second kappa shape index (κ2) is 6.24. The van der Waals surface area contributed by atoms with Crippen LogP contribution in [0.4, 0.5) is 0 Å². The molecule has 24 heavy (non-hydrogen) atoms. The van der Waals surface area contributed by atoms with Crippen LogP contribution in [0.15, 0.2) is 35.3 Å². The lowest BCUT2D eigenvalue weighted by Gasteiger charge is -2.16. The van der Waals surface area contributed by atoms with Crippen LogP contribution in [0.25, 0.3) is 22.2 Å². The van der Waals surface area contributed by atoms with Crippen molar-refractivity contribution >= 4 is 11.0 Å². The monoisotopic (exact) mass is 325 g/mol. The first-order valence-corrected chi connectivity index (χ1v) is 8.07. The van der Waals surface area contributed by atoms with Gasteiger partial charge in [-0.1, -0.05) is 6.07 Å². The van der Waals surface area contributed by atoms with Crippen molar-refractivity contribution in [3.8, 4) is 11.1 Å². The van der Waals surface area contributed by atoms with E-state index in [0.717, 1.165) is 33.5 Å². The smallest absolute Gasteiger partial charge is 0.253 e. The van der Waals surface area contributed by atoms with Crippen molar-refractivity contribution in [2.24, 2.45) is 7.05 Å². The van der Waals surface area contributed by atoms with Crippen LogP contribution in [0.2, 0.25) is 0 Å². The van der Waals surface area contributed by atoms with E-state index >= 15 is 0 Å². The molecule has 1 atom stereocenters. The number of aryl methyl sites for hydroxylation is 3. The normalized spacial score (nSPS) is 12.7. The summed E-state index contributed by atoms with van der Waals surface area (Å²) in [6.07, 6.45) is 1.88. The van der Waals surface area contributed by atoms with Crippen LogP contribution in [0.3, 0.4) is 0 Å². The minimum atomic E-state index is 0.0365. The van der Waals surface area contributed by atoms with Crippen molar-refractivity contribution < 1.29 is 4.74 Å². The van der Waals surface area contributed by atoms with Crippen LogP contribution in [-0.2, 0) is 11.8 Å². The Balaban J connectivity index is 2.18. The van der Waals surface area contributed by atoms with Crippen molar-refractivity contribution in [1.82, 2.24) is 14.1 Å². The zero-order valence-electron chi connectivity index (χ0n) is 14.8. The maximum atomic E-state index is 11.9. The van der Waals surface area contributed by atoms with Gasteiger partial charge in [-0.05, 0) is 50.1 Å².